The van der Waals surface area contributed by atoms with Gasteiger partial charge in [-0.05, 0) is 43.7 Å². The van der Waals surface area contributed by atoms with Crippen LogP contribution in [0, 0.1) is 6.92 Å². The molecule has 0 aliphatic carbocycles. The molecule has 0 fully saturated rings. The minimum atomic E-state index is -0.207. The monoisotopic (exact) mass is 384 g/mol. The van der Waals surface area contributed by atoms with Gasteiger partial charge < -0.3 is 10.1 Å². The van der Waals surface area contributed by atoms with Crippen LogP contribution in [0.25, 0.3) is 11.0 Å². The topological polar surface area (TPSA) is 86.1 Å². The van der Waals surface area contributed by atoms with Gasteiger partial charge in [0.1, 0.15) is 5.75 Å². The molecule has 0 saturated heterocycles. The van der Waals surface area contributed by atoms with Gasteiger partial charge in [-0.2, -0.15) is 0 Å². The van der Waals surface area contributed by atoms with Crippen LogP contribution >= 0.6 is 11.8 Å². The van der Waals surface area contributed by atoms with E-state index in [1.807, 2.05) is 32.0 Å². The molecule has 8 heteroatoms. The average Bonchev–Trinajstić information content (AvgIpc) is 2.67. The van der Waals surface area contributed by atoms with Gasteiger partial charge in [-0.15, -0.1) is 0 Å². The quantitative estimate of drug-likeness (QED) is 0.519. The van der Waals surface area contributed by atoms with Crippen LogP contribution < -0.4 is 15.6 Å². The number of benzene rings is 1. The number of rotatable bonds is 6. The molecule has 0 spiro atoms. The molecular weight excluding hydrogens is 364 g/mol. The van der Waals surface area contributed by atoms with Crippen LogP contribution in [0.4, 0.5) is 5.69 Å². The lowest BCUT2D eigenvalue weighted by Crippen LogP contribution is -2.23. The van der Waals surface area contributed by atoms with E-state index in [0.717, 1.165) is 5.56 Å². The number of amides is 1. The first-order valence-electron chi connectivity index (χ1n) is 8.46. The zero-order valence-electron chi connectivity index (χ0n) is 15.4. The number of hydrogen-bond donors (Lipinski definition) is 1. The summed E-state index contributed by atoms with van der Waals surface area (Å²) in [6, 6.07) is 8.98. The van der Waals surface area contributed by atoms with Gasteiger partial charge in [0.25, 0.3) is 5.56 Å². The average molecular weight is 384 g/mol. The van der Waals surface area contributed by atoms with E-state index in [0.29, 0.717) is 34.2 Å². The highest BCUT2D eigenvalue weighted by atomic mass is 32.2. The number of carbonyl (C=O) groups is 1. The van der Waals surface area contributed by atoms with Crippen molar-refractivity contribution < 1.29 is 9.53 Å². The molecule has 2 aromatic heterocycles. The predicted octanol–water partition coefficient (Wildman–Crippen LogP) is 2.86. The van der Waals surface area contributed by atoms with E-state index in [2.05, 4.69) is 15.3 Å². The first kappa shape index (κ1) is 18.9. The summed E-state index contributed by atoms with van der Waals surface area (Å²) in [6.07, 6.45) is 1.59. The first-order chi connectivity index (χ1) is 13.0. The van der Waals surface area contributed by atoms with Gasteiger partial charge in [0, 0.05) is 12.7 Å². The molecule has 1 amide bonds. The van der Waals surface area contributed by atoms with Crippen LogP contribution in [-0.2, 0) is 11.3 Å². The summed E-state index contributed by atoms with van der Waals surface area (Å²) in [5, 5.41) is 3.79. The Bertz CT molecular complexity index is 1050. The number of aromatic nitrogens is 3. The number of fused-ring (bicyclic) bond motifs is 1. The molecule has 0 saturated carbocycles. The zero-order chi connectivity index (χ0) is 19.4. The number of carbonyl (C=O) groups excluding carboxylic acids is 1. The lowest BCUT2D eigenvalue weighted by Gasteiger charge is -2.12. The van der Waals surface area contributed by atoms with Gasteiger partial charge in [-0.3, -0.25) is 14.2 Å². The van der Waals surface area contributed by atoms with Crippen LogP contribution in [0.2, 0.25) is 0 Å². The van der Waals surface area contributed by atoms with E-state index in [-0.39, 0.29) is 17.2 Å². The number of ether oxygens (including phenoxy) is 1. The molecule has 27 heavy (non-hydrogen) atoms. The highest BCUT2D eigenvalue weighted by Gasteiger charge is 2.14. The Labute approximate surface area is 160 Å². The van der Waals surface area contributed by atoms with Gasteiger partial charge >= 0.3 is 0 Å². The molecule has 1 aromatic carbocycles. The standard InChI is InChI=1S/C19H20N4O3S/c1-4-23-18(25)13-6-5-9-20-17(13)22-19(23)27-11-16(24)21-14-10-12(2)7-8-15(14)26-3/h5-10H,4,11H2,1-3H3,(H,21,24). The van der Waals surface area contributed by atoms with Crippen molar-refractivity contribution >= 4 is 34.4 Å². The third-order valence-corrected chi connectivity index (χ3v) is 4.95. The van der Waals surface area contributed by atoms with Gasteiger partial charge in [0.05, 0.1) is 23.9 Å². The Kier molecular flexibility index (Phi) is 5.75. The summed E-state index contributed by atoms with van der Waals surface area (Å²) in [4.78, 5) is 33.6. The Hall–Kier alpha value is -2.87. The van der Waals surface area contributed by atoms with Gasteiger partial charge in [0.15, 0.2) is 10.8 Å². The third kappa shape index (κ3) is 4.11. The largest absolute Gasteiger partial charge is 0.495 e. The second kappa shape index (κ2) is 8.22. The number of thioether (sulfide) groups is 1. The number of pyridine rings is 1. The Morgan fingerprint density at radius 3 is 2.89 bits per heavy atom. The molecule has 2 heterocycles. The summed E-state index contributed by atoms with van der Waals surface area (Å²) in [6.45, 7) is 4.27. The summed E-state index contributed by atoms with van der Waals surface area (Å²) in [5.41, 5.74) is 1.86. The van der Waals surface area contributed by atoms with Gasteiger partial charge in [-0.25, -0.2) is 9.97 Å². The molecule has 7 nitrogen and oxygen atoms in total. The molecular formula is C19H20N4O3S. The molecule has 0 aliphatic rings. The number of aryl methyl sites for hydroxylation is 1. The van der Waals surface area contributed by atoms with Crippen molar-refractivity contribution in [3.8, 4) is 5.75 Å². The van der Waals surface area contributed by atoms with Crippen molar-refractivity contribution in [2.24, 2.45) is 0 Å². The summed E-state index contributed by atoms with van der Waals surface area (Å²) in [5.74, 6) is 0.501. The fraction of sp³-hybridized carbons (Fsp3) is 0.263. The van der Waals surface area contributed by atoms with Gasteiger partial charge in [0.2, 0.25) is 5.91 Å². The summed E-state index contributed by atoms with van der Waals surface area (Å²) < 4.78 is 6.83. The number of nitrogens with one attached hydrogen (secondary N) is 1. The summed E-state index contributed by atoms with van der Waals surface area (Å²) >= 11 is 1.20. The van der Waals surface area contributed by atoms with E-state index in [1.165, 1.54) is 11.8 Å². The van der Waals surface area contributed by atoms with E-state index < -0.39 is 0 Å². The minimum absolute atomic E-state index is 0.113. The molecule has 0 atom stereocenters. The second-order valence-electron chi connectivity index (χ2n) is 5.86. The predicted molar refractivity (Wildman–Crippen MR) is 107 cm³/mol. The molecule has 0 bridgehead atoms. The van der Waals surface area contributed by atoms with Crippen molar-refractivity contribution in [1.29, 1.82) is 0 Å². The number of hydrogen-bond acceptors (Lipinski definition) is 6. The number of nitrogens with zero attached hydrogens (tertiary/aromatic N) is 3. The van der Waals surface area contributed by atoms with E-state index >= 15 is 0 Å². The Balaban J connectivity index is 1.80. The molecule has 1 N–H and O–H groups in total. The van der Waals surface area contributed by atoms with Crippen molar-refractivity contribution in [2.75, 3.05) is 18.2 Å². The van der Waals surface area contributed by atoms with Crippen molar-refractivity contribution in [3.63, 3.8) is 0 Å². The highest BCUT2D eigenvalue weighted by molar-refractivity contribution is 7.99. The molecule has 3 aromatic rings. The van der Waals surface area contributed by atoms with E-state index in [1.54, 1.807) is 30.0 Å². The fourth-order valence-electron chi connectivity index (χ4n) is 2.66. The first-order valence-corrected chi connectivity index (χ1v) is 9.45. The summed E-state index contributed by atoms with van der Waals surface area (Å²) in [7, 11) is 1.56. The molecule has 0 radical (unpaired) electrons. The van der Waals surface area contributed by atoms with Crippen molar-refractivity contribution in [1.82, 2.24) is 14.5 Å². The van der Waals surface area contributed by atoms with Crippen LogP contribution in [0.1, 0.15) is 12.5 Å². The molecule has 140 valence electrons. The normalized spacial score (nSPS) is 10.8. The maximum atomic E-state index is 12.6. The van der Waals surface area contributed by atoms with Crippen molar-refractivity contribution in [2.45, 2.75) is 25.5 Å². The Morgan fingerprint density at radius 1 is 1.33 bits per heavy atom. The number of anilines is 1. The zero-order valence-corrected chi connectivity index (χ0v) is 16.2. The second-order valence-corrected chi connectivity index (χ2v) is 6.80. The van der Waals surface area contributed by atoms with Gasteiger partial charge in [-0.1, -0.05) is 17.8 Å². The lowest BCUT2D eigenvalue weighted by atomic mass is 10.2. The maximum Gasteiger partial charge on any atom is 0.263 e. The molecule has 0 unspecified atom stereocenters. The van der Waals surface area contributed by atoms with Crippen LogP contribution in [0.15, 0.2) is 46.5 Å². The number of methoxy groups -OCH3 is 1. The van der Waals surface area contributed by atoms with E-state index in [4.69, 9.17) is 4.74 Å². The molecule has 0 aliphatic heterocycles. The third-order valence-electron chi connectivity index (χ3n) is 3.97. The maximum absolute atomic E-state index is 12.6. The van der Waals surface area contributed by atoms with E-state index in [9.17, 15) is 9.59 Å². The van der Waals surface area contributed by atoms with Crippen LogP contribution in [-0.4, -0.2) is 33.3 Å². The minimum Gasteiger partial charge on any atom is -0.495 e. The molecule has 3 rings (SSSR count). The lowest BCUT2D eigenvalue weighted by molar-refractivity contribution is -0.113. The fourth-order valence-corrected chi connectivity index (χ4v) is 3.51. The SMILES string of the molecule is CCn1c(SCC(=O)Nc2cc(C)ccc2OC)nc2ncccc2c1=O. The van der Waals surface area contributed by atoms with Crippen molar-refractivity contribution in [3.05, 3.63) is 52.4 Å². The Morgan fingerprint density at radius 2 is 2.15 bits per heavy atom. The smallest absolute Gasteiger partial charge is 0.263 e. The highest BCUT2D eigenvalue weighted by Crippen LogP contribution is 2.26. The van der Waals surface area contributed by atoms with Crippen LogP contribution in [0.5, 0.6) is 5.75 Å². The van der Waals surface area contributed by atoms with Crippen LogP contribution in [0.3, 0.4) is 0 Å².